The predicted molar refractivity (Wildman–Crippen MR) is 122 cm³/mol. The summed E-state index contributed by atoms with van der Waals surface area (Å²) in [7, 11) is 0. The molecule has 9 nitrogen and oxygen atoms in total. The first-order valence-corrected chi connectivity index (χ1v) is 10.8. The van der Waals surface area contributed by atoms with Crippen molar-refractivity contribution in [3.63, 3.8) is 0 Å². The SMILES string of the molecule is O=C(CN1CCN(C(=O)CNC(=O)c2cc(-c3ccccc3)on2)CC1)Nc1ccc(F)cc1. The molecule has 1 saturated heterocycles. The van der Waals surface area contributed by atoms with Gasteiger partial charge in [-0.3, -0.25) is 19.3 Å². The third-order valence-electron chi connectivity index (χ3n) is 5.42. The van der Waals surface area contributed by atoms with Crippen molar-refractivity contribution < 1.29 is 23.3 Å². The van der Waals surface area contributed by atoms with E-state index in [4.69, 9.17) is 4.52 Å². The first-order chi connectivity index (χ1) is 16.5. The zero-order chi connectivity index (χ0) is 23.9. The summed E-state index contributed by atoms with van der Waals surface area (Å²) in [4.78, 5) is 40.6. The molecule has 1 aliphatic heterocycles. The lowest BCUT2D eigenvalue weighted by atomic mass is 10.1. The highest BCUT2D eigenvalue weighted by Crippen LogP contribution is 2.19. The summed E-state index contributed by atoms with van der Waals surface area (Å²) >= 11 is 0. The average molecular weight is 465 g/mol. The second-order valence-corrected chi connectivity index (χ2v) is 7.84. The fourth-order valence-corrected chi connectivity index (χ4v) is 3.57. The maximum Gasteiger partial charge on any atom is 0.273 e. The summed E-state index contributed by atoms with van der Waals surface area (Å²) < 4.78 is 18.2. The van der Waals surface area contributed by atoms with Crippen molar-refractivity contribution >= 4 is 23.4 Å². The fourth-order valence-electron chi connectivity index (χ4n) is 3.57. The lowest BCUT2D eigenvalue weighted by molar-refractivity contribution is -0.132. The third-order valence-corrected chi connectivity index (χ3v) is 5.42. The zero-order valence-electron chi connectivity index (χ0n) is 18.4. The van der Waals surface area contributed by atoms with E-state index >= 15 is 0 Å². The minimum atomic E-state index is -0.490. The van der Waals surface area contributed by atoms with Gasteiger partial charge in [0, 0.05) is 43.5 Å². The number of carbonyl (C=O) groups is 3. The fraction of sp³-hybridized carbons (Fsp3) is 0.250. The number of carbonyl (C=O) groups excluding carboxylic acids is 3. The normalized spacial score (nSPS) is 14.0. The molecule has 0 spiro atoms. The Morgan fingerprint density at radius 2 is 1.68 bits per heavy atom. The Labute approximate surface area is 195 Å². The summed E-state index contributed by atoms with van der Waals surface area (Å²) in [6, 6.07) is 16.4. The van der Waals surface area contributed by atoms with Crippen LogP contribution >= 0.6 is 0 Å². The molecule has 1 aromatic heterocycles. The molecule has 0 unspecified atom stereocenters. The lowest BCUT2D eigenvalue weighted by Crippen LogP contribution is -2.52. The number of hydrogen-bond acceptors (Lipinski definition) is 6. The second kappa shape index (κ2) is 10.7. The van der Waals surface area contributed by atoms with Crippen LogP contribution in [0.15, 0.2) is 65.2 Å². The summed E-state index contributed by atoms with van der Waals surface area (Å²) in [5.74, 6) is -0.809. The highest BCUT2D eigenvalue weighted by molar-refractivity contribution is 5.95. The standard InChI is InChI=1S/C24H24FN5O4/c25-18-6-8-19(9-7-18)27-22(31)16-29-10-12-30(13-11-29)23(32)15-26-24(33)20-14-21(34-28-20)17-4-2-1-3-5-17/h1-9,14H,10-13,15-16H2,(H,26,33)(H,27,31). The van der Waals surface area contributed by atoms with Crippen molar-refractivity contribution in [3.05, 3.63) is 72.2 Å². The number of halogens is 1. The highest BCUT2D eigenvalue weighted by atomic mass is 19.1. The van der Waals surface area contributed by atoms with E-state index < -0.39 is 5.91 Å². The number of nitrogens with zero attached hydrogens (tertiary/aromatic N) is 3. The molecule has 0 radical (unpaired) electrons. The molecule has 2 heterocycles. The van der Waals surface area contributed by atoms with Gasteiger partial charge in [-0.15, -0.1) is 0 Å². The van der Waals surface area contributed by atoms with E-state index in [-0.39, 0.29) is 36.4 Å². The van der Waals surface area contributed by atoms with Crippen molar-refractivity contribution in [3.8, 4) is 11.3 Å². The van der Waals surface area contributed by atoms with Crippen molar-refractivity contribution in [1.82, 2.24) is 20.3 Å². The van der Waals surface area contributed by atoms with Crippen LogP contribution in [0.25, 0.3) is 11.3 Å². The van der Waals surface area contributed by atoms with Gasteiger partial charge in [-0.25, -0.2) is 4.39 Å². The third kappa shape index (κ3) is 6.04. The van der Waals surface area contributed by atoms with E-state index in [0.29, 0.717) is 37.6 Å². The van der Waals surface area contributed by atoms with E-state index in [1.165, 1.54) is 30.3 Å². The van der Waals surface area contributed by atoms with E-state index in [1.807, 2.05) is 35.2 Å². The van der Waals surface area contributed by atoms with Gasteiger partial charge in [0.05, 0.1) is 13.1 Å². The molecule has 2 aromatic carbocycles. The van der Waals surface area contributed by atoms with Gasteiger partial charge in [0.1, 0.15) is 5.82 Å². The molecule has 1 fully saturated rings. The molecule has 0 atom stereocenters. The van der Waals surface area contributed by atoms with Crippen LogP contribution < -0.4 is 10.6 Å². The molecule has 3 amide bonds. The van der Waals surface area contributed by atoms with Crippen LogP contribution in [0.2, 0.25) is 0 Å². The van der Waals surface area contributed by atoms with E-state index in [1.54, 1.807) is 4.90 Å². The van der Waals surface area contributed by atoms with Crippen LogP contribution in [0.1, 0.15) is 10.5 Å². The number of amides is 3. The molecule has 34 heavy (non-hydrogen) atoms. The average Bonchev–Trinajstić information content (AvgIpc) is 3.35. The summed E-state index contributed by atoms with van der Waals surface area (Å²) in [5, 5.41) is 9.08. The van der Waals surface area contributed by atoms with Gasteiger partial charge in [0.25, 0.3) is 5.91 Å². The van der Waals surface area contributed by atoms with E-state index in [2.05, 4.69) is 15.8 Å². The van der Waals surface area contributed by atoms with Gasteiger partial charge in [-0.1, -0.05) is 35.5 Å². The number of hydrogen-bond donors (Lipinski definition) is 2. The van der Waals surface area contributed by atoms with Crippen LogP contribution in [0, 0.1) is 5.82 Å². The Bertz CT molecular complexity index is 1140. The monoisotopic (exact) mass is 465 g/mol. The molecule has 2 N–H and O–H groups in total. The molecule has 176 valence electrons. The van der Waals surface area contributed by atoms with E-state index in [0.717, 1.165) is 5.56 Å². The summed E-state index contributed by atoms with van der Waals surface area (Å²) in [6.45, 7) is 1.96. The number of aromatic nitrogens is 1. The van der Waals surface area contributed by atoms with Crippen molar-refractivity contribution in [2.24, 2.45) is 0 Å². The molecule has 3 aromatic rings. The zero-order valence-corrected chi connectivity index (χ0v) is 18.4. The number of rotatable bonds is 7. The van der Waals surface area contributed by atoms with Crippen LogP contribution in [-0.4, -0.2) is 71.9 Å². The second-order valence-electron chi connectivity index (χ2n) is 7.84. The van der Waals surface area contributed by atoms with Crippen LogP contribution in [0.5, 0.6) is 0 Å². The molecule has 0 bridgehead atoms. The van der Waals surface area contributed by atoms with Gasteiger partial charge in [0.2, 0.25) is 11.8 Å². The molecule has 4 rings (SSSR count). The van der Waals surface area contributed by atoms with Crippen LogP contribution in [0.3, 0.4) is 0 Å². The number of benzene rings is 2. The Morgan fingerprint density at radius 3 is 2.38 bits per heavy atom. The number of piperazine rings is 1. The molecule has 1 aliphatic rings. The maximum atomic E-state index is 13.0. The first-order valence-electron chi connectivity index (χ1n) is 10.8. The minimum Gasteiger partial charge on any atom is -0.355 e. The summed E-state index contributed by atoms with van der Waals surface area (Å²) in [6.07, 6.45) is 0. The van der Waals surface area contributed by atoms with Gasteiger partial charge >= 0.3 is 0 Å². The molecular weight excluding hydrogens is 441 g/mol. The van der Waals surface area contributed by atoms with Crippen molar-refractivity contribution in [2.75, 3.05) is 44.6 Å². The summed E-state index contributed by atoms with van der Waals surface area (Å²) in [5.41, 5.74) is 1.43. The van der Waals surface area contributed by atoms with Crippen molar-refractivity contribution in [1.29, 1.82) is 0 Å². The molecular formula is C24H24FN5O4. The van der Waals surface area contributed by atoms with Crippen LogP contribution in [0.4, 0.5) is 10.1 Å². The van der Waals surface area contributed by atoms with Gasteiger partial charge in [0.15, 0.2) is 11.5 Å². The van der Waals surface area contributed by atoms with Gasteiger partial charge in [-0.05, 0) is 24.3 Å². The quantitative estimate of drug-likeness (QED) is 0.553. The Morgan fingerprint density at radius 1 is 0.971 bits per heavy atom. The van der Waals surface area contributed by atoms with E-state index in [9.17, 15) is 18.8 Å². The molecule has 0 saturated carbocycles. The Balaban J connectivity index is 1.19. The lowest BCUT2D eigenvalue weighted by Gasteiger charge is -2.34. The predicted octanol–water partition coefficient (Wildman–Crippen LogP) is 1.99. The van der Waals surface area contributed by atoms with Gasteiger partial charge in [-0.2, -0.15) is 0 Å². The van der Waals surface area contributed by atoms with Crippen molar-refractivity contribution in [2.45, 2.75) is 0 Å². The topological polar surface area (TPSA) is 108 Å². The Hall–Kier alpha value is -4.05. The first kappa shape index (κ1) is 23.1. The Kier molecular flexibility index (Phi) is 7.28. The highest BCUT2D eigenvalue weighted by Gasteiger charge is 2.23. The largest absolute Gasteiger partial charge is 0.355 e. The number of nitrogens with one attached hydrogen (secondary N) is 2. The van der Waals surface area contributed by atoms with Crippen LogP contribution in [-0.2, 0) is 9.59 Å². The van der Waals surface area contributed by atoms with Gasteiger partial charge < -0.3 is 20.1 Å². The smallest absolute Gasteiger partial charge is 0.273 e. The molecule has 10 heteroatoms. The molecule has 0 aliphatic carbocycles. The maximum absolute atomic E-state index is 13.0. The minimum absolute atomic E-state index is 0.101. The number of anilines is 1.